The molecular formula is C73H130O17P2. The SMILES string of the molecule is CC/C=C\C/C=C\C/C=C\C/C=C\CCCCC(=O)OCC(COP(=O)(O)OCC(O)COP(=O)(O)OCC(COC(=O)CCCCCCCCCCCCCCC)OC(=O)CCCCCCC/C=C\CCCC)OC(=O)CCCCCCC/C=C\CCCCCC. The molecule has 534 valence electrons. The van der Waals surface area contributed by atoms with E-state index in [9.17, 15) is 43.2 Å². The lowest BCUT2D eigenvalue weighted by atomic mass is 10.0. The molecule has 0 saturated carbocycles. The average molecular weight is 1340 g/mol. The van der Waals surface area contributed by atoms with Gasteiger partial charge >= 0.3 is 39.5 Å². The molecule has 0 aliphatic heterocycles. The molecule has 0 aliphatic carbocycles. The van der Waals surface area contributed by atoms with Crippen molar-refractivity contribution in [3.8, 4) is 0 Å². The Labute approximate surface area is 558 Å². The zero-order valence-electron chi connectivity index (χ0n) is 58.0. The van der Waals surface area contributed by atoms with Crippen molar-refractivity contribution < 1.29 is 80.2 Å². The molecule has 0 amide bonds. The van der Waals surface area contributed by atoms with Crippen LogP contribution >= 0.6 is 15.6 Å². The summed E-state index contributed by atoms with van der Waals surface area (Å²) in [6, 6.07) is 0. The summed E-state index contributed by atoms with van der Waals surface area (Å²) >= 11 is 0. The third-order valence-corrected chi connectivity index (χ3v) is 17.1. The van der Waals surface area contributed by atoms with E-state index >= 15 is 0 Å². The number of carbonyl (C=O) groups excluding carboxylic acids is 4. The molecule has 5 atom stereocenters. The molecule has 0 bridgehead atoms. The Kier molecular flexibility index (Phi) is 63.6. The molecular weight excluding hydrogens is 1210 g/mol. The van der Waals surface area contributed by atoms with Crippen LogP contribution in [0.5, 0.6) is 0 Å². The van der Waals surface area contributed by atoms with Gasteiger partial charge in [-0.2, -0.15) is 0 Å². The highest BCUT2D eigenvalue weighted by molar-refractivity contribution is 7.47. The maximum absolute atomic E-state index is 13.0. The first-order valence-corrected chi connectivity index (χ1v) is 39.2. The van der Waals surface area contributed by atoms with E-state index in [2.05, 4.69) is 101 Å². The number of allylic oxidation sites excluding steroid dienone is 12. The van der Waals surface area contributed by atoms with E-state index in [4.69, 9.17) is 37.0 Å². The van der Waals surface area contributed by atoms with Crippen molar-refractivity contribution in [1.29, 1.82) is 0 Å². The summed E-state index contributed by atoms with van der Waals surface area (Å²) in [6.45, 7) is 4.65. The highest BCUT2D eigenvalue weighted by Crippen LogP contribution is 2.45. The number of unbranched alkanes of at least 4 members (excludes halogenated alkanes) is 30. The number of phosphoric acid groups is 2. The molecule has 17 nitrogen and oxygen atoms in total. The Morgan fingerprint density at radius 3 is 0.946 bits per heavy atom. The van der Waals surface area contributed by atoms with Gasteiger partial charge in [-0.1, -0.05) is 248 Å². The van der Waals surface area contributed by atoms with Crippen molar-refractivity contribution in [2.45, 2.75) is 329 Å². The zero-order chi connectivity index (χ0) is 67.5. The lowest BCUT2D eigenvalue weighted by Gasteiger charge is -2.21. The second kappa shape index (κ2) is 66.1. The maximum atomic E-state index is 13.0. The Hall–Kier alpha value is -3.50. The van der Waals surface area contributed by atoms with Gasteiger partial charge in [-0.25, -0.2) is 9.13 Å². The van der Waals surface area contributed by atoms with Gasteiger partial charge in [-0.3, -0.25) is 37.3 Å². The van der Waals surface area contributed by atoms with E-state index in [1.54, 1.807) is 0 Å². The minimum absolute atomic E-state index is 0.0776. The fraction of sp³-hybridized carbons (Fsp3) is 0.781. The predicted octanol–water partition coefficient (Wildman–Crippen LogP) is 20.1. The van der Waals surface area contributed by atoms with E-state index in [1.807, 2.05) is 0 Å². The summed E-state index contributed by atoms with van der Waals surface area (Å²) in [7, 11) is -9.94. The molecule has 0 aromatic heterocycles. The first-order chi connectivity index (χ1) is 44.7. The van der Waals surface area contributed by atoms with Gasteiger partial charge in [0.2, 0.25) is 0 Å². The first-order valence-electron chi connectivity index (χ1n) is 36.2. The molecule has 0 aromatic carbocycles. The third kappa shape index (κ3) is 65.2. The normalized spacial score (nSPS) is 14.5. The van der Waals surface area contributed by atoms with Crippen LogP contribution in [0.15, 0.2) is 72.9 Å². The molecule has 5 unspecified atom stereocenters. The van der Waals surface area contributed by atoms with Gasteiger partial charge in [0.05, 0.1) is 26.4 Å². The monoisotopic (exact) mass is 1340 g/mol. The summed E-state index contributed by atoms with van der Waals surface area (Å²) in [5, 5.41) is 10.6. The molecule has 0 saturated heterocycles. The van der Waals surface area contributed by atoms with E-state index in [0.717, 1.165) is 135 Å². The van der Waals surface area contributed by atoms with Crippen LogP contribution in [-0.2, 0) is 65.4 Å². The Bertz CT molecular complexity index is 2040. The van der Waals surface area contributed by atoms with Gasteiger partial charge < -0.3 is 33.8 Å². The summed E-state index contributed by atoms with van der Waals surface area (Å²) in [4.78, 5) is 72.6. The molecule has 0 spiro atoms. The largest absolute Gasteiger partial charge is 0.472 e. The average Bonchev–Trinajstić information content (AvgIpc) is 2.73. The van der Waals surface area contributed by atoms with Crippen LogP contribution in [0.25, 0.3) is 0 Å². The molecule has 0 radical (unpaired) electrons. The number of phosphoric ester groups is 2. The van der Waals surface area contributed by atoms with Gasteiger partial charge in [0.15, 0.2) is 12.2 Å². The number of carbonyl (C=O) groups is 4. The Morgan fingerprint density at radius 1 is 0.315 bits per heavy atom. The van der Waals surface area contributed by atoms with Crippen LogP contribution in [-0.4, -0.2) is 96.7 Å². The minimum Gasteiger partial charge on any atom is -0.462 e. The highest BCUT2D eigenvalue weighted by Gasteiger charge is 2.30. The topological polar surface area (TPSA) is 237 Å². The van der Waals surface area contributed by atoms with Gasteiger partial charge in [-0.05, 0) is 109 Å². The van der Waals surface area contributed by atoms with Crippen LogP contribution in [0.4, 0.5) is 0 Å². The third-order valence-electron chi connectivity index (χ3n) is 15.2. The lowest BCUT2D eigenvalue weighted by Crippen LogP contribution is -2.30. The second-order valence-corrected chi connectivity index (χ2v) is 27.1. The molecule has 19 heteroatoms. The molecule has 0 aliphatic rings. The van der Waals surface area contributed by atoms with Crippen molar-refractivity contribution in [1.82, 2.24) is 0 Å². The fourth-order valence-electron chi connectivity index (χ4n) is 9.60. The van der Waals surface area contributed by atoms with Crippen molar-refractivity contribution in [3.63, 3.8) is 0 Å². The zero-order valence-corrected chi connectivity index (χ0v) is 59.8. The summed E-state index contributed by atoms with van der Waals surface area (Å²) in [5.74, 6) is -2.22. The van der Waals surface area contributed by atoms with Crippen LogP contribution in [0.2, 0.25) is 0 Å². The van der Waals surface area contributed by atoms with Gasteiger partial charge in [-0.15, -0.1) is 0 Å². The van der Waals surface area contributed by atoms with Crippen LogP contribution < -0.4 is 0 Å². The van der Waals surface area contributed by atoms with Crippen molar-refractivity contribution >= 4 is 39.5 Å². The predicted molar refractivity (Wildman–Crippen MR) is 372 cm³/mol. The molecule has 0 fully saturated rings. The number of aliphatic hydroxyl groups excluding tert-OH is 1. The van der Waals surface area contributed by atoms with Crippen LogP contribution in [0.3, 0.4) is 0 Å². The van der Waals surface area contributed by atoms with Crippen LogP contribution in [0, 0.1) is 0 Å². The number of esters is 4. The molecule has 0 aromatic rings. The van der Waals surface area contributed by atoms with Crippen molar-refractivity contribution in [2.75, 3.05) is 39.6 Å². The smallest absolute Gasteiger partial charge is 0.462 e. The van der Waals surface area contributed by atoms with Gasteiger partial charge in [0.1, 0.15) is 19.3 Å². The maximum Gasteiger partial charge on any atom is 0.472 e. The van der Waals surface area contributed by atoms with Crippen molar-refractivity contribution in [2.24, 2.45) is 0 Å². The summed E-state index contributed by atoms with van der Waals surface area (Å²) in [6.07, 6.45) is 63.4. The number of hydrogen-bond acceptors (Lipinski definition) is 15. The van der Waals surface area contributed by atoms with E-state index in [-0.39, 0.29) is 25.7 Å². The summed E-state index contributed by atoms with van der Waals surface area (Å²) < 4.78 is 68.2. The van der Waals surface area contributed by atoms with E-state index in [0.29, 0.717) is 25.7 Å². The molecule has 92 heavy (non-hydrogen) atoms. The summed E-state index contributed by atoms with van der Waals surface area (Å²) in [5.41, 5.74) is 0. The van der Waals surface area contributed by atoms with E-state index < -0.39 is 97.5 Å². The Balaban J connectivity index is 5.34. The number of aliphatic hydroxyl groups is 1. The van der Waals surface area contributed by atoms with Gasteiger partial charge in [0, 0.05) is 25.7 Å². The van der Waals surface area contributed by atoms with E-state index in [1.165, 1.54) is 96.3 Å². The first kappa shape index (κ1) is 88.5. The number of rotatable bonds is 68. The number of ether oxygens (including phenoxy) is 4. The van der Waals surface area contributed by atoms with Gasteiger partial charge in [0.25, 0.3) is 0 Å². The molecule has 0 rings (SSSR count). The standard InChI is InChI=1S/C73H130O17P2/c1-5-9-13-17-21-25-29-32-33-36-39-42-46-50-54-58-71(76)84-64-69(90-73(78)60-56-52-48-44-40-35-31-27-23-19-15-11-7-3)66-88-92(81,82)86-62-67(74)61-85-91(79,80)87-65-68(89-72(77)59-55-51-47-43-37-28-24-20-16-12-8-4)63-83-70(75)57-53-49-45-41-38-34-30-26-22-18-14-10-6-2/h9,13,20-21,24-25,27,31-33,39,42,67-69,74H,5-8,10-12,14-19,22-23,26,28-30,34-38,40-41,43-66H2,1-4H3,(H,79,80)(H,81,82)/b13-9-,24-20-,25-21-,31-27-,33-32-,42-39-. The molecule has 0 heterocycles. The fourth-order valence-corrected chi connectivity index (χ4v) is 11.2. The molecule has 3 N–H and O–H groups in total. The number of hydrogen-bond donors (Lipinski definition) is 3. The Morgan fingerprint density at radius 2 is 0.576 bits per heavy atom. The minimum atomic E-state index is -4.97. The van der Waals surface area contributed by atoms with Crippen LogP contribution in [0.1, 0.15) is 310 Å². The second-order valence-electron chi connectivity index (χ2n) is 24.2. The highest BCUT2D eigenvalue weighted by atomic mass is 31.2. The lowest BCUT2D eigenvalue weighted by molar-refractivity contribution is -0.161. The van der Waals surface area contributed by atoms with Crippen molar-refractivity contribution in [3.05, 3.63) is 72.9 Å². The quantitative estimate of drug-likeness (QED) is 0.0169.